The summed E-state index contributed by atoms with van der Waals surface area (Å²) >= 11 is 0. The summed E-state index contributed by atoms with van der Waals surface area (Å²) in [6.07, 6.45) is 3.97. The van der Waals surface area contributed by atoms with Crippen LogP contribution in [0.4, 0.5) is 28.8 Å². The molecular weight excluding hydrogens is 837 g/mol. The van der Waals surface area contributed by atoms with Gasteiger partial charge in [0.05, 0.1) is 21.8 Å². The summed E-state index contributed by atoms with van der Waals surface area (Å²) in [5.74, 6) is -0.758. The van der Waals surface area contributed by atoms with Crippen molar-refractivity contribution in [2.45, 2.75) is 77.2 Å². The molecule has 0 radical (unpaired) electrons. The summed E-state index contributed by atoms with van der Waals surface area (Å²) in [7, 11) is -3.47. The number of hydrogen-bond acceptors (Lipinski definition) is 13. The lowest BCUT2D eigenvalue weighted by molar-refractivity contribution is -0.132. The van der Waals surface area contributed by atoms with Gasteiger partial charge in [-0.2, -0.15) is 4.98 Å². The normalized spacial score (nSPS) is 16.7. The molecule has 3 N–H and O–H groups in total. The highest BCUT2D eigenvalue weighted by molar-refractivity contribution is 7.91. The molecule has 0 bridgehead atoms. The summed E-state index contributed by atoms with van der Waals surface area (Å²) in [4.78, 5) is 79.2. The van der Waals surface area contributed by atoms with Crippen molar-refractivity contribution in [2.75, 3.05) is 54.1 Å². The highest BCUT2D eigenvalue weighted by atomic mass is 32.2. The second kappa shape index (κ2) is 19.0. The van der Waals surface area contributed by atoms with E-state index < -0.39 is 33.6 Å². The highest BCUT2D eigenvalue weighted by Gasteiger charge is 2.45. The van der Waals surface area contributed by atoms with Crippen LogP contribution in [0.3, 0.4) is 0 Å². The van der Waals surface area contributed by atoms with Gasteiger partial charge in [0.1, 0.15) is 24.2 Å². The molecular formula is C47H54N8O8S. The molecule has 3 aromatic carbocycles. The predicted molar refractivity (Wildman–Crippen MR) is 243 cm³/mol. The Morgan fingerprint density at radius 2 is 1.62 bits per heavy atom. The van der Waals surface area contributed by atoms with Gasteiger partial charge in [-0.3, -0.25) is 28.9 Å². The van der Waals surface area contributed by atoms with Gasteiger partial charge in [0.25, 0.3) is 11.8 Å². The van der Waals surface area contributed by atoms with E-state index in [0.29, 0.717) is 75.0 Å². The monoisotopic (exact) mass is 890 g/mol. The van der Waals surface area contributed by atoms with Crippen molar-refractivity contribution < 1.29 is 37.1 Å². The summed E-state index contributed by atoms with van der Waals surface area (Å²) < 4.78 is 31.8. The van der Waals surface area contributed by atoms with Crippen LogP contribution in [0, 0.1) is 12.3 Å². The third-order valence-electron chi connectivity index (χ3n) is 11.2. The fraction of sp³-hybridized carbons (Fsp3) is 0.383. The van der Waals surface area contributed by atoms with E-state index in [1.54, 1.807) is 36.5 Å². The molecule has 4 amide bonds. The number of aromatic nitrogens is 2. The Balaban J connectivity index is 0.827. The fourth-order valence-corrected chi connectivity index (χ4v) is 9.86. The van der Waals surface area contributed by atoms with Gasteiger partial charge in [-0.25, -0.2) is 13.4 Å². The van der Waals surface area contributed by atoms with E-state index in [-0.39, 0.29) is 64.1 Å². The highest BCUT2D eigenvalue weighted by Crippen LogP contribution is 2.34. The molecule has 7 rings (SSSR count). The van der Waals surface area contributed by atoms with Crippen LogP contribution in [0.5, 0.6) is 5.75 Å². The first kappa shape index (κ1) is 45.4. The standard InChI is InChI=1S/C47H54N8O8S/c1-30-27-48-46(52-42(30)50-33-10-8-12-36(26-33)64(61,62)29-47(3,4)5)51-32-17-19-34(20-18-32)53-22-24-54(25-23-53)40(57)15-7-6-11-35(56)28-63-39-14-9-13-37-41(39)45(60)55(44(37)59)38-21-16-31(2)49-43(38)58/h8-10,12-14,17-20,26-27,38H,2,6-7,11,15-16,21-25,28-29H2,1,3-5H3,(H,49,58)(H2,48,50,51,52). The average Bonchev–Trinajstić information content (AvgIpc) is 3.51. The first-order valence-corrected chi connectivity index (χ1v) is 23.1. The molecule has 336 valence electrons. The molecule has 1 atom stereocenters. The summed E-state index contributed by atoms with van der Waals surface area (Å²) in [5.41, 5.74) is 3.53. The zero-order chi connectivity index (χ0) is 45.8. The van der Waals surface area contributed by atoms with Crippen LogP contribution in [-0.4, -0.2) is 102 Å². The van der Waals surface area contributed by atoms with Gasteiger partial charge in [0.2, 0.25) is 17.8 Å². The Morgan fingerprint density at radius 3 is 2.34 bits per heavy atom. The van der Waals surface area contributed by atoms with E-state index in [9.17, 15) is 32.4 Å². The van der Waals surface area contributed by atoms with E-state index >= 15 is 0 Å². The third kappa shape index (κ3) is 10.8. The van der Waals surface area contributed by atoms with Crippen LogP contribution < -0.4 is 25.6 Å². The number of piperazine rings is 1. The summed E-state index contributed by atoms with van der Waals surface area (Å²) in [6, 6.07) is 18.3. The lowest BCUT2D eigenvalue weighted by Gasteiger charge is -2.36. The third-order valence-corrected chi connectivity index (χ3v) is 13.4. The molecule has 0 saturated carbocycles. The molecule has 4 aromatic rings. The first-order valence-electron chi connectivity index (χ1n) is 21.4. The van der Waals surface area contributed by atoms with Gasteiger partial charge in [0.15, 0.2) is 15.6 Å². The number of sulfone groups is 1. The van der Waals surface area contributed by atoms with Crippen molar-refractivity contribution in [3.8, 4) is 5.75 Å². The Kier molecular flexibility index (Phi) is 13.5. The quantitative estimate of drug-likeness (QED) is 0.0833. The number of ether oxygens (including phenoxy) is 1. The van der Waals surface area contributed by atoms with Crippen molar-refractivity contribution in [2.24, 2.45) is 5.41 Å². The molecule has 1 unspecified atom stereocenters. The Hall–Kier alpha value is -6.62. The average molecular weight is 891 g/mol. The van der Waals surface area contributed by atoms with Crippen LogP contribution in [0.25, 0.3) is 0 Å². The topological polar surface area (TPSA) is 200 Å². The SMILES string of the molecule is C=C1CCC(N2C(=O)c3cccc(OCC(=O)CCCCC(=O)N4CCN(c5ccc(Nc6ncc(C)c(Nc7cccc(S(=O)(=O)CC(C)(C)C)c7)n6)cc5)CC4)c3C2=O)C(=O)N1. The van der Waals surface area contributed by atoms with Crippen LogP contribution in [0.2, 0.25) is 0 Å². The maximum Gasteiger partial charge on any atom is 0.266 e. The number of nitrogens with zero attached hydrogens (tertiary/aromatic N) is 5. The first-order chi connectivity index (χ1) is 30.5. The molecule has 3 aliphatic rings. The molecule has 4 heterocycles. The molecule has 16 nitrogen and oxygen atoms in total. The zero-order valence-electron chi connectivity index (χ0n) is 36.6. The number of rotatable bonds is 16. The maximum absolute atomic E-state index is 13.3. The lowest BCUT2D eigenvalue weighted by Crippen LogP contribution is -2.51. The number of benzene rings is 3. The van der Waals surface area contributed by atoms with E-state index in [1.165, 1.54) is 12.1 Å². The van der Waals surface area contributed by atoms with Crippen molar-refractivity contribution >= 4 is 68.1 Å². The number of ketones is 1. The van der Waals surface area contributed by atoms with Crippen molar-refractivity contribution in [3.05, 3.63) is 102 Å². The number of amides is 4. The van der Waals surface area contributed by atoms with Crippen molar-refractivity contribution in [3.63, 3.8) is 0 Å². The number of imide groups is 1. The van der Waals surface area contributed by atoms with Gasteiger partial charge < -0.3 is 30.5 Å². The van der Waals surface area contributed by atoms with Crippen molar-refractivity contribution in [1.82, 2.24) is 25.1 Å². The molecule has 0 spiro atoms. The summed E-state index contributed by atoms with van der Waals surface area (Å²) in [5, 5.41) is 9.10. The van der Waals surface area contributed by atoms with E-state index in [1.807, 2.05) is 56.9 Å². The number of Topliss-reactive ketones (excluding diaryl/α,β-unsaturated/α-hetero) is 1. The van der Waals surface area contributed by atoms with Crippen LogP contribution in [-0.2, 0) is 24.2 Å². The minimum absolute atomic E-state index is 0.0336. The zero-order valence-corrected chi connectivity index (χ0v) is 37.4. The maximum atomic E-state index is 13.3. The van der Waals surface area contributed by atoms with Gasteiger partial charge in [0, 0.05) is 73.5 Å². The molecule has 1 aromatic heterocycles. The second-order valence-corrected chi connectivity index (χ2v) is 19.6. The molecule has 3 aliphatic heterocycles. The largest absolute Gasteiger partial charge is 0.485 e. The number of aryl methyl sites for hydroxylation is 1. The number of carbonyl (C=O) groups is 5. The van der Waals surface area contributed by atoms with Gasteiger partial charge in [-0.05, 0) is 92.6 Å². The minimum atomic E-state index is -3.47. The van der Waals surface area contributed by atoms with Crippen LogP contribution in [0.15, 0.2) is 90.1 Å². The predicted octanol–water partition coefficient (Wildman–Crippen LogP) is 6.34. The summed E-state index contributed by atoms with van der Waals surface area (Å²) in [6.45, 7) is 13.5. The van der Waals surface area contributed by atoms with Gasteiger partial charge in [-0.1, -0.05) is 39.5 Å². The number of hydrogen-bond donors (Lipinski definition) is 3. The fourth-order valence-electron chi connectivity index (χ4n) is 7.96. The Labute approximate surface area is 373 Å². The van der Waals surface area contributed by atoms with Crippen molar-refractivity contribution in [1.29, 1.82) is 0 Å². The number of anilines is 5. The van der Waals surface area contributed by atoms with Gasteiger partial charge in [-0.15, -0.1) is 0 Å². The van der Waals surface area contributed by atoms with E-state index in [4.69, 9.17) is 4.74 Å². The molecule has 17 heteroatoms. The molecule has 2 fully saturated rings. The molecule has 2 saturated heterocycles. The minimum Gasteiger partial charge on any atom is -0.485 e. The number of nitrogens with one attached hydrogen (secondary N) is 3. The number of carbonyl (C=O) groups excluding carboxylic acids is 5. The van der Waals surface area contributed by atoms with E-state index in [2.05, 4.69) is 37.4 Å². The number of fused-ring (bicyclic) bond motifs is 1. The number of piperidine rings is 1. The van der Waals surface area contributed by atoms with E-state index in [0.717, 1.165) is 21.8 Å². The van der Waals surface area contributed by atoms with Gasteiger partial charge >= 0.3 is 0 Å². The number of allylic oxidation sites excluding steroid dienone is 1. The smallest absolute Gasteiger partial charge is 0.266 e. The Morgan fingerprint density at radius 1 is 0.906 bits per heavy atom. The molecule has 64 heavy (non-hydrogen) atoms. The molecule has 0 aliphatic carbocycles. The van der Waals surface area contributed by atoms with Crippen LogP contribution >= 0.6 is 0 Å². The lowest BCUT2D eigenvalue weighted by atomic mass is 10.0. The van der Waals surface area contributed by atoms with Crippen LogP contribution in [0.1, 0.15) is 85.6 Å². The Bertz CT molecular complexity index is 2580. The number of unbranched alkanes of at least 4 members (excludes halogenated alkanes) is 1. The second-order valence-electron chi connectivity index (χ2n) is 17.6.